The number of amides is 1. The number of aromatic nitrogens is 1. The molecule has 0 spiro atoms. The SMILES string of the molecule is O=C(Nc1ccc(CC(Nc2cc(F)c(F)c(F)c2)C(=O)O)cc1)c1c(Cl)cncc1Cl. The van der Waals surface area contributed by atoms with Gasteiger partial charge in [0, 0.05) is 42.3 Å². The normalized spacial score (nSPS) is 11.7. The summed E-state index contributed by atoms with van der Waals surface area (Å²) in [6.45, 7) is 0. The summed E-state index contributed by atoms with van der Waals surface area (Å²) < 4.78 is 39.9. The highest BCUT2D eigenvalue weighted by atomic mass is 35.5. The Bertz CT molecular complexity index is 1130. The van der Waals surface area contributed by atoms with Gasteiger partial charge in [0.25, 0.3) is 5.91 Å². The van der Waals surface area contributed by atoms with E-state index in [2.05, 4.69) is 15.6 Å². The van der Waals surface area contributed by atoms with Gasteiger partial charge in [-0.2, -0.15) is 0 Å². The van der Waals surface area contributed by atoms with Crippen molar-refractivity contribution in [3.63, 3.8) is 0 Å². The number of carbonyl (C=O) groups excluding carboxylic acids is 1. The second-order valence-electron chi connectivity index (χ2n) is 6.62. The Morgan fingerprint density at radius 1 is 0.969 bits per heavy atom. The van der Waals surface area contributed by atoms with Crippen LogP contribution in [-0.2, 0) is 11.2 Å². The van der Waals surface area contributed by atoms with Crippen LogP contribution in [-0.4, -0.2) is 28.0 Å². The third-order valence-electron chi connectivity index (χ3n) is 4.35. The number of benzene rings is 2. The Balaban J connectivity index is 1.70. The van der Waals surface area contributed by atoms with Gasteiger partial charge in [-0.15, -0.1) is 0 Å². The molecule has 3 rings (SSSR count). The van der Waals surface area contributed by atoms with E-state index in [0.717, 1.165) is 0 Å². The molecule has 0 bridgehead atoms. The van der Waals surface area contributed by atoms with Gasteiger partial charge in [-0.05, 0) is 17.7 Å². The van der Waals surface area contributed by atoms with Gasteiger partial charge in [0.05, 0.1) is 15.6 Å². The van der Waals surface area contributed by atoms with Gasteiger partial charge in [0.1, 0.15) is 6.04 Å². The van der Waals surface area contributed by atoms with E-state index in [1.54, 1.807) is 12.1 Å². The van der Waals surface area contributed by atoms with Gasteiger partial charge >= 0.3 is 5.97 Å². The van der Waals surface area contributed by atoms with Crippen LogP contribution in [0.4, 0.5) is 24.5 Å². The van der Waals surface area contributed by atoms with E-state index in [0.29, 0.717) is 23.4 Å². The molecule has 166 valence electrons. The molecule has 1 unspecified atom stereocenters. The zero-order valence-corrected chi connectivity index (χ0v) is 17.5. The second-order valence-corrected chi connectivity index (χ2v) is 7.44. The highest BCUT2D eigenvalue weighted by Gasteiger charge is 2.20. The lowest BCUT2D eigenvalue weighted by atomic mass is 10.0. The zero-order valence-electron chi connectivity index (χ0n) is 16.0. The molecule has 3 N–H and O–H groups in total. The zero-order chi connectivity index (χ0) is 23.4. The molecule has 1 amide bonds. The standard InChI is InChI=1S/C21H14Cl2F3N3O3/c22-13-8-27-9-14(23)18(13)20(30)29-11-3-1-10(2-4-11)5-17(21(31)32)28-12-6-15(24)19(26)16(25)7-12/h1-4,6-9,17,28H,5H2,(H,29,30)(H,31,32). The van der Waals surface area contributed by atoms with Crippen LogP contribution >= 0.6 is 23.2 Å². The first-order valence-corrected chi connectivity index (χ1v) is 9.74. The van der Waals surface area contributed by atoms with Crippen LogP contribution in [0.1, 0.15) is 15.9 Å². The van der Waals surface area contributed by atoms with Gasteiger partial charge in [-0.25, -0.2) is 18.0 Å². The molecule has 0 aliphatic heterocycles. The summed E-state index contributed by atoms with van der Waals surface area (Å²) in [7, 11) is 0. The number of carboxylic acid groups (broad SMARTS) is 1. The van der Waals surface area contributed by atoms with Crippen LogP contribution in [0.15, 0.2) is 48.8 Å². The van der Waals surface area contributed by atoms with Crippen molar-refractivity contribution in [1.82, 2.24) is 4.98 Å². The summed E-state index contributed by atoms with van der Waals surface area (Å²) in [5.74, 6) is -6.36. The van der Waals surface area contributed by atoms with Gasteiger partial charge in [-0.1, -0.05) is 35.3 Å². The lowest BCUT2D eigenvalue weighted by Crippen LogP contribution is -2.31. The van der Waals surface area contributed by atoms with Crippen LogP contribution in [0.2, 0.25) is 10.0 Å². The summed E-state index contributed by atoms with van der Waals surface area (Å²) in [6.07, 6.45) is 2.50. The summed E-state index contributed by atoms with van der Waals surface area (Å²) in [5, 5.41) is 14.7. The lowest BCUT2D eigenvalue weighted by Gasteiger charge is -2.16. The van der Waals surface area contributed by atoms with Crippen LogP contribution in [0.3, 0.4) is 0 Å². The van der Waals surface area contributed by atoms with E-state index in [1.807, 2.05) is 0 Å². The van der Waals surface area contributed by atoms with Crippen LogP contribution in [0.25, 0.3) is 0 Å². The van der Waals surface area contributed by atoms with E-state index >= 15 is 0 Å². The number of aliphatic carboxylic acids is 1. The highest BCUT2D eigenvalue weighted by molar-refractivity contribution is 6.40. The summed E-state index contributed by atoms with van der Waals surface area (Å²) in [6, 6.07) is 6.28. The van der Waals surface area contributed by atoms with Gasteiger partial charge < -0.3 is 15.7 Å². The first-order valence-electron chi connectivity index (χ1n) is 8.99. The van der Waals surface area contributed by atoms with E-state index in [-0.39, 0.29) is 27.7 Å². The van der Waals surface area contributed by atoms with E-state index in [4.69, 9.17) is 23.2 Å². The van der Waals surface area contributed by atoms with E-state index in [1.165, 1.54) is 24.5 Å². The molecule has 0 saturated heterocycles. The molecule has 2 aromatic carbocycles. The molecular formula is C21H14Cl2F3N3O3. The number of anilines is 2. The third-order valence-corrected chi connectivity index (χ3v) is 4.93. The van der Waals surface area contributed by atoms with Gasteiger partial charge in [0.2, 0.25) is 0 Å². The molecule has 11 heteroatoms. The van der Waals surface area contributed by atoms with Crippen LogP contribution < -0.4 is 10.6 Å². The smallest absolute Gasteiger partial charge is 0.326 e. The van der Waals surface area contributed by atoms with Crippen molar-refractivity contribution in [1.29, 1.82) is 0 Å². The number of pyridine rings is 1. The van der Waals surface area contributed by atoms with Gasteiger partial charge in [0.15, 0.2) is 17.5 Å². The molecule has 32 heavy (non-hydrogen) atoms. The molecule has 0 radical (unpaired) electrons. The first kappa shape index (κ1) is 23.4. The molecule has 1 aromatic heterocycles. The Morgan fingerprint density at radius 3 is 2.06 bits per heavy atom. The van der Waals surface area contributed by atoms with Crippen molar-refractivity contribution in [3.05, 3.63) is 87.4 Å². The Morgan fingerprint density at radius 2 is 1.53 bits per heavy atom. The molecule has 1 heterocycles. The second kappa shape index (κ2) is 9.88. The predicted molar refractivity (Wildman–Crippen MR) is 114 cm³/mol. The molecule has 6 nitrogen and oxygen atoms in total. The summed E-state index contributed by atoms with van der Waals surface area (Å²) >= 11 is 11.9. The Labute approximate surface area is 190 Å². The number of carbonyl (C=O) groups is 2. The van der Waals surface area contributed by atoms with Crippen LogP contribution in [0.5, 0.6) is 0 Å². The van der Waals surface area contributed by atoms with Crippen molar-refractivity contribution in [3.8, 4) is 0 Å². The predicted octanol–water partition coefficient (Wildman–Crippen LogP) is 5.17. The first-order chi connectivity index (χ1) is 15.2. The van der Waals surface area contributed by atoms with Crippen molar-refractivity contribution in [2.24, 2.45) is 0 Å². The monoisotopic (exact) mass is 483 g/mol. The summed E-state index contributed by atoms with van der Waals surface area (Å²) in [4.78, 5) is 27.7. The van der Waals surface area contributed by atoms with E-state index in [9.17, 15) is 27.9 Å². The number of nitrogens with zero attached hydrogens (tertiary/aromatic N) is 1. The minimum atomic E-state index is -1.64. The number of hydrogen-bond acceptors (Lipinski definition) is 4. The number of hydrogen-bond donors (Lipinski definition) is 3. The minimum absolute atomic E-state index is 0.0568. The highest BCUT2D eigenvalue weighted by Crippen LogP contribution is 2.24. The molecular weight excluding hydrogens is 470 g/mol. The summed E-state index contributed by atoms with van der Waals surface area (Å²) in [5.41, 5.74) is 0.779. The molecule has 3 aromatic rings. The Hall–Kier alpha value is -3.30. The number of nitrogens with one attached hydrogen (secondary N) is 2. The fraction of sp³-hybridized carbons (Fsp3) is 0.0952. The van der Waals surface area contributed by atoms with Crippen molar-refractivity contribution >= 4 is 46.5 Å². The van der Waals surface area contributed by atoms with E-state index < -0.39 is 35.4 Å². The topological polar surface area (TPSA) is 91.3 Å². The van der Waals surface area contributed by atoms with Crippen molar-refractivity contribution < 1.29 is 27.9 Å². The minimum Gasteiger partial charge on any atom is -0.480 e. The molecule has 0 fully saturated rings. The maximum atomic E-state index is 13.4. The van der Waals surface area contributed by atoms with Crippen molar-refractivity contribution in [2.75, 3.05) is 10.6 Å². The molecule has 0 aliphatic carbocycles. The third kappa shape index (κ3) is 5.49. The quantitative estimate of drug-likeness (QED) is 0.403. The maximum absolute atomic E-state index is 13.4. The number of rotatable bonds is 7. The fourth-order valence-electron chi connectivity index (χ4n) is 2.82. The number of halogens is 5. The van der Waals surface area contributed by atoms with Crippen LogP contribution in [0, 0.1) is 17.5 Å². The largest absolute Gasteiger partial charge is 0.480 e. The average molecular weight is 484 g/mol. The Kier molecular flexibility index (Phi) is 7.22. The lowest BCUT2D eigenvalue weighted by molar-refractivity contribution is -0.137. The van der Waals surface area contributed by atoms with Gasteiger partial charge in [-0.3, -0.25) is 9.78 Å². The number of carboxylic acids is 1. The molecule has 0 saturated carbocycles. The maximum Gasteiger partial charge on any atom is 0.326 e. The van der Waals surface area contributed by atoms with Crippen molar-refractivity contribution in [2.45, 2.75) is 12.5 Å². The fourth-order valence-corrected chi connectivity index (χ4v) is 3.36. The average Bonchev–Trinajstić information content (AvgIpc) is 2.72. The molecule has 1 atom stereocenters. The molecule has 0 aliphatic rings.